The molecule has 0 N–H and O–H groups in total. The predicted octanol–water partition coefficient (Wildman–Crippen LogP) is 10.8. The average Bonchev–Trinajstić information content (AvgIpc) is 2.97. The zero-order valence-corrected chi connectivity index (χ0v) is 21.7. The van der Waals surface area contributed by atoms with Gasteiger partial charge in [-0.1, -0.05) is 121 Å². The third kappa shape index (κ3) is 3.61. The Labute approximate surface area is 223 Å². The second kappa shape index (κ2) is 9.01. The monoisotopic (exact) mass is 484 g/mol. The van der Waals surface area contributed by atoms with Crippen LogP contribution in [-0.2, 0) is 0 Å². The van der Waals surface area contributed by atoms with Crippen LogP contribution < -0.4 is 0 Å². The summed E-state index contributed by atoms with van der Waals surface area (Å²) in [5.74, 6) is 0. The van der Waals surface area contributed by atoms with Crippen molar-refractivity contribution in [3.05, 3.63) is 145 Å². The standard InChI is InChI=1S/C38H28/c1-25-21-34-35(22-26(25)2)38(32-20-12-11-19-31(32)37(34)28-15-7-4-8-16-28)36-24-30-18-10-9-17-29(30)23-33(36)27-13-5-3-6-14-27/h3-24H,1-2H3. The first kappa shape index (κ1) is 22.5. The zero-order chi connectivity index (χ0) is 25.6. The van der Waals surface area contributed by atoms with Gasteiger partial charge in [-0.2, -0.15) is 0 Å². The fourth-order valence-electron chi connectivity index (χ4n) is 5.95. The van der Waals surface area contributed by atoms with Crippen LogP contribution in [0.15, 0.2) is 133 Å². The summed E-state index contributed by atoms with van der Waals surface area (Å²) < 4.78 is 0. The molecule has 0 saturated carbocycles. The minimum absolute atomic E-state index is 1.24. The van der Waals surface area contributed by atoms with Crippen molar-refractivity contribution >= 4 is 32.3 Å². The molecule has 0 aliphatic carbocycles. The summed E-state index contributed by atoms with van der Waals surface area (Å²) in [5, 5.41) is 7.71. The molecule has 0 spiro atoms. The Morgan fingerprint density at radius 3 is 1.39 bits per heavy atom. The number of hydrogen-bond acceptors (Lipinski definition) is 0. The van der Waals surface area contributed by atoms with E-state index < -0.39 is 0 Å². The molecule has 0 aliphatic heterocycles. The number of rotatable bonds is 3. The summed E-state index contributed by atoms with van der Waals surface area (Å²) in [4.78, 5) is 0. The highest BCUT2D eigenvalue weighted by molar-refractivity contribution is 6.23. The quantitative estimate of drug-likeness (QED) is 0.219. The van der Waals surface area contributed by atoms with Gasteiger partial charge in [0.15, 0.2) is 0 Å². The van der Waals surface area contributed by atoms with E-state index in [9.17, 15) is 0 Å². The summed E-state index contributed by atoms with van der Waals surface area (Å²) in [6.45, 7) is 4.46. The van der Waals surface area contributed by atoms with Crippen molar-refractivity contribution in [1.82, 2.24) is 0 Å². The number of hydrogen-bond donors (Lipinski definition) is 0. The lowest BCUT2D eigenvalue weighted by atomic mass is 9.82. The first-order chi connectivity index (χ1) is 18.7. The van der Waals surface area contributed by atoms with Gasteiger partial charge >= 0.3 is 0 Å². The number of aryl methyl sites for hydroxylation is 2. The van der Waals surface area contributed by atoms with Crippen LogP contribution in [0.5, 0.6) is 0 Å². The fraction of sp³-hybridized carbons (Fsp3) is 0.0526. The van der Waals surface area contributed by atoms with Gasteiger partial charge in [0.1, 0.15) is 0 Å². The van der Waals surface area contributed by atoms with Gasteiger partial charge in [0, 0.05) is 0 Å². The molecule has 0 unspecified atom stereocenters. The Bertz CT molecular complexity index is 1960. The highest BCUT2D eigenvalue weighted by Gasteiger charge is 2.20. The summed E-state index contributed by atoms with van der Waals surface area (Å²) in [7, 11) is 0. The van der Waals surface area contributed by atoms with Gasteiger partial charge in [-0.15, -0.1) is 0 Å². The second-order valence-corrected chi connectivity index (χ2v) is 10.3. The maximum Gasteiger partial charge on any atom is -0.00198 e. The average molecular weight is 485 g/mol. The molecule has 0 heterocycles. The first-order valence-corrected chi connectivity index (χ1v) is 13.3. The Balaban J connectivity index is 1.71. The van der Waals surface area contributed by atoms with Crippen LogP contribution >= 0.6 is 0 Å². The smallest absolute Gasteiger partial charge is 0.00198 e. The molecule has 0 fully saturated rings. The van der Waals surface area contributed by atoms with Crippen molar-refractivity contribution in [3.63, 3.8) is 0 Å². The van der Waals surface area contributed by atoms with Gasteiger partial charge in [-0.3, -0.25) is 0 Å². The van der Waals surface area contributed by atoms with E-state index in [1.54, 1.807) is 0 Å². The van der Waals surface area contributed by atoms with Gasteiger partial charge in [0.05, 0.1) is 0 Å². The molecule has 180 valence electrons. The van der Waals surface area contributed by atoms with E-state index >= 15 is 0 Å². The maximum atomic E-state index is 2.41. The lowest BCUT2D eigenvalue weighted by molar-refractivity contribution is 1.37. The molecule has 0 nitrogen and oxygen atoms in total. The Kier molecular flexibility index (Phi) is 5.34. The van der Waals surface area contributed by atoms with Crippen LogP contribution in [0.4, 0.5) is 0 Å². The number of fused-ring (bicyclic) bond motifs is 3. The lowest BCUT2D eigenvalue weighted by Crippen LogP contribution is -1.95. The molecule has 0 radical (unpaired) electrons. The predicted molar refractivity (Wildman–Crippen MR) is 165 cm³/mol. The van der Waals surface area contributed by atoms with Crippen molar-refractivity contribution in [2.75, 3.05) is 0 Å². The van der Waals surface area contributed by atoms with E-state index in [0.29, 0.717) is 0 Å². The highest BCUT2D eigenvalue weighted by Crippen LogP contribution is 2.47. The van der Waals surface area contributed by atoms with Crippen molar-refractivity contribution < 1.29 is 0 Å². The molecule has 0 amide bonds. The van der Waals surface area contributed by atoms with Crippen molar-refractivity contribution in [3.8, 4) is 33.4 Å². The third-order valence-electron chi connectivity index (χ3n) is 7.94. The second-order valence-electron chi connectivity index (χ2n) is 10.3. The van der Waals surface area contributed by atoms with Crippen LogP contribution in [0.1, 0.15) is 11.1 Å². The summed E-state index contributed by atoms with van der Waals surface area (Å²) >= 11 is 0. The van der Waals surface area contributed by atoms with Crippen molar-refractivity contribution in [2.45, 2.75) is 13.8 Å². The van der Waals surface area contributed by atoms with Crippen LogP contribution in [0.3, 0.4) is 0 Å². The molecule has 0 aromatic heterocycles. The molecule has 38 heavy (non-hydrogen) atoms. The zero-order valence-electron chi connectivity index (χ0n) is 21.7. The Hall–Kier alpha value is -4.68. The minimum atomic E-state index is 1.24. The molecular formula is C38H28. The van der Waals surface area contributed by atoms with Crippen LogP contribution in [-0.4, -0.2) is 0 Å². The molecule has 0 bridgehead atoms. The van der Waals surface area contributed by atoms with E-state index in [2.05, 4.69) is 147 Å². The summed E-state index contributed by atoms with van der Waals surface area (Å²) in [6, 6.07) is 48.9. The maximum absolute atomic E-state index is 2.41. The Morgan fingerprint density at radius 2 is 0.789 bits per heavy atom. The fourth-order valence-corrected chi connectivity index (χ4v) is 5.95. The molecule has 7 aromatic rings. The molecule has 0 saturated heterocycles. The normalized spacial score (nSPS) is 11.4. The molecular weight excluding hydrogens is 456 g/mol. The molecule has 0 heteroatoms. The first-order valence-electron chi connectivity index (χ1n) is 13.3. The number of benzene rings is 7. The van der Waals surface area contributed by atoms with Gasteiger partial charge in [-0.25, -0.2) is 0 Å². The third-order valence-corrected chi connectivity index (χ3v) is 7.94. The lowest BCUT2D eigenvalue weighted by Gasteiger charge is -2.21. The molecule has 7 rings (SSSR count). The van der Waals surface area contributed by atoms with Crippen LogP contribution in [0.25, 0.3) is 65.7 Å². The summed E-state index contributed by atoms with van der Waals surface area (Å²) in [6.07, 6.45) is 0. The molecule has 0 aliphatic rings. The van der Waals surface area contributed by atoms with E-state index in [0.717, 1.165) is 0 Å². The largest absolute Gasteiger partial charge is 0.0622 e. The van der Waals surface area contributed by atoms with Crippen molar-refractivity contribution in [1.29, 1.82) is 0 Å². The van der Waals surface area contributed by atoms with Crippen LogP contribution in [0.2, 0.25) is 0 Å². The van der Waals surface area contributed by atoms with E-state index in [1.165, 1.54) is 76.8 Å². The molecule has 0 atom stereocenters. The SMILES string of the molecule is Cc1cc2c(-c3ccccc3)c3ccccc3c(-c3cc4ccccc4cc3-c3ccccc3)c2cc1C. The van der Waals surface area contributed by atoms with Crippen molar-refractivity contribution in [2.24, 2.45) is 0 Å². The van der Waals surface area contributed by atoms with Gasteiger partial charge < -0.3 is 0 Å². The van der Waals surface area contributed by atoms with Gasteiger partial charge in [0.25, 0.3) is 0 Å². The summed E-state index contributed by atoms with van der Waals surface area (Å²) in [5.41, 5.74) is 10.3. The van der Waals surface area contributed by atoms with Gasteiger partial charge in [0.2, 0.25) is 0 Å². The Morgan fingerprint density at radius 1 is 0.342 bits per heavy atom. The van der Waals surface area contributed by atoms with E-state index in [1.807, 2.05) is 0 Å². The molecule has 7 aromatic carbocycles. The van der Waals surface area contributed by atoms with Gasteiger partial charge in [-0.05, 0) is 103 Å². The highest BCUT2D eigenvalue weighted by atomic mass is 14.2. The minimum Gasteiger partial charge on any atom is -0.0622 e. The van der Waals surface area contributed by atoms with Crippen LogP contribution in [0, 0.1) is 13.8 Å². The topological polar surface area (TPSA) is 0 Å². The van der Waals surface area contributed by atoms with E-state index in [4.69, 9.17) is 0 Å². The van der Waals surface area contributed by atoms with E-state index in [-0.39, 0.29) is 0 Å².